The number of anilines is 2. The fourth-order valence-corrected chi connectivity index (χ4v) is 2.12. The molecule has 2 rings (SSSR count). The standard InChI is InChI=1S/C14H10Cl2N2O3/c15-7-1-4-12(10(5-7)13(17)19)18-8-2-3-11(16)9(6-8)14(20)21/h1-6,18H,(H2,17,19)(H,20,21). The number of carboxylic acids is 1. The number of amides is 1. The molecule has 0 atom stereocenters. The van der Waals surface area contributed by atoms with Gasteiger partial charge >= 0.3 is 5.97 Å². The Kier molecular flexibility index (Phi) is 4.35. The maximum Gasteiger partial charge on any atom is 0.337 e. The predicted molar refractivity (Wildman–Crippen MR) is 81.7 cm³/mol. The molecule has 0 fully saturated rings. The van der Waals surface area contributed by atoms with Gasteiger partial charge in [-0.2, -0.15) is 0 Å². The van der Waals surface area contributed by atoms with E-state index in [-0.39, 0.29) is 16.1 Å². The lowest BCUT2D eigenvalue weighted by Crippen LogP contribution is -2.13. The minimum atomic E-state index is -1.14. The molecule has 0 aliphatic heterocycles. The lowest BCUT2D eigenvalue weighted by Gasteiger charge is -2.11. The van der Waals surface area contributed by atoms with E-state index >= 15 is 0 Å². The molecule has 2 aromatic rings. The summed E-state index contributed by atoms with van der Waals surface area (Å²) in [6, 6.07) is 9.01. The summed E-state index contributed by atoms with van der Waals surface area (Å²) in [5.41, 5.74) is 6.33. The quantitative estimate of drug-likeness (QED) is 0.802. The summed E-state index contributed by atoms with van der Waals surface area (Å²) in [7, 11) is 0. The van der Waals surface area contributed by atoms with Gasteiger partial charge in [0.1, 0.15) is 0 Å². The second kappa shape index (κ2) is 6.03. The molecule has 0 radical (unpaired) electrons. The van der Waals surface area contributed by atoms with Gasteiger partial charge in [-0.15, -0.1) is 0 Å². The van der Waals surface area contributed by atoms with Crippen LogP contribution in [0.4, 0.5) is 11.4 Å². The number of hydrogen-bond donors (Lipinski definition) is 3. The van der Waals surface area contributed by atoms with Crippen molar-refractivity contribution in [2.24, 2.45) is 5.73 Å². The number of carbonyl (C=O) groups is 2. The zero-order chi connectivity index (χ0) is 15.6. The number of nitrogens with two attached hydrogens (primary N) is 1. The number of hydrogen-bond acceptors (Lipinski definition) is 3. The van der Waals surface area contributed by atoms with Crippen molar-refractivity contribution in [1.82, 2.24) is 0 Å². The summed E-state index contributed by atoms with van der Waals surface area (Å²) in [6.45, 7) is 0. The Morgan fingerprint density at radius 2 is 1.76 bits per heavy atom. The Balaban J connectivity index is 2.41. The Morgan fingerprint density at radius 3 is 2.38 bits per heavy atom. The van der Waals surface area contributed by atoms with Crippen LogP contribution in [0.25, 0.3) is 0 Å². The molecule has 0 unspecified atom stereocenters. The normalized spacial score (nSPS) is 10.2. The molecular formula is C14H10Cl2N2O3. The number of carboxylic acid groups (broad SMARTS) is 1. The van der Waals surface area contributed by atoms with Gasteiger partial charge in [-0.25, -0.2) is 4.79 Å². The summed E-state index contributed by atoms with van der Waals surface area (Å²) in [5, 5.41) is 12.4. The van der Waals surface area contributed by atoms with Crippen LogP contribution in [0.5, 0.6) is 0 Å². The van der Waals surface area contributed by atoms with Gasteiger partial charge in [0.05, 0.1) is 21.8 Å². The van der Waals surface area contributed by atoms with Crippen LogP contribution in [0.2, 0.25) is 10.0 Å². The van der Waals surface area contributed by atoms with E-state index in [4.69, 9.17) is 34.0 Å². The number of aromatic carboxylic acids is 1. The highest BCUT2D eigenvalue weighted by atomic mass is 35.5. The van der Waals surface area contributed by atoms with Gasteiger partial charge in [0.15, 0.2) is 0 Å². The third kappa shape index (κ3) is 3.45. The Bertz CT molecular complexity index is 732. The number of carbonyl (C=O) groups excluding carboxylic acids is 1. The number of primary amides is 1. The third-order valence-corrected chi connectivity index (χ3v) is 3.29. The zero-order valence-electron chi connectivity index (χ0n) is 10.6. The number of halogens is 2. The van der Waals surface area contributed by atoms with Crippen LogP contribution in [-0.2, 0) is 0 Å². The summed E-state index contributed by atoms with van der Waals surface area (Å²) in [4.78, 5) is 22.4. The van der Waals surface area contributed by atoms with Gasteiger partial charge in [-0.05, 0) is 36.4 Å². The van der Waals surface area contributed by atoms with Crippen LogP contribution in [0.15, 0.2) is 36.4 Å². The first-order valence-corrected chi connectivity index (χ1v) is 6.53. The first-order valence-electron chi connectivity index (χ1n) is 5.77. The lowest BCUT2D eigenvalue weighted by molar-refractivity contribution is 0.0697. The smallest absolute Gasteiger partial charge is 0.337 e. The third-order valence-electron chi connectivity index (χ3n) is 2.72. The first kappa shape index (κ1) is 15.2. The molecule has 2 aromatic carbocycles. The molecule has 7 heteroatoms. The molecule has 0 saturated heterocycles. The van der Waals surface area contributed by atoms with E-state index in [1.807, 2.05) is 0 Å². The van der Waals surface area contributed by atoms with Crippen molar-refractivity contribution in [3.05, 3.63) is 57.6 Å². The van der Waals surface area contributed by atoms with E-state index in [1.54, 1.807) is 18.2 Å². The number of benzene rings is 2. The minimum absolute atomic E-state index is 0.0451. The highest BCUT2D eigenvalue weighted by molar-refractivity contribution is 6.33. The van der Waals surface area contributed by atoms with E-state index in [9.17, 15) is 9.59 Å². The van der Waals surface area contributed by atoms with Gasteiger partial charge in [0.2, 0.25) is 0 Å². The molecule has 0 spiro atoms. The van der Waals surface area contributed by atoms with Crippen molar-refractivity contribution in [1.29, 1.82) is 0 Å². The molecule has 108 valence electrons. The monoisotopic (exact) mass is 324 g/mol. The molecule has 0 bridgehead atoms. The number of nitrogens with one attached hydrogen (secondary N) is 1. The topological polar surface area (TPSA) is 92.4 Å². The fourth-order valence-electron chi connectivity index (χ4n) is 1.75. The van der Waals surface area contributed by atoms with Crippen LogP contribution >= 0.6 is 23.2 Å². The second-order valence-corrected chi connectivity index (χ2v) is 5.02. The lowest BCUT2D eigenvalue weighted by atomic mass is 10.1. The first-order chi connectivity index (χ1) is 9.88. The molecule has 0 aromatic heterocycles. The molecule has 0 aliphatic carbocycles. The van der Waals surface area contributed by atoms with E-state index in [0.717, 1.165) is 0 Å². The van der Waals surface area contributed by atoms with Crippen molar-refractivity contribution in [3.63, 3.8) is 0 Å². The molecular weight excluding hydrogens is 315 g/mol. The van der Waals surface area contributed by atoms with Crippen molar-refractivity contribution < 1.29 is 14.7 Å². The van der Waals surface area contributed by atoms with E-state index in [1.165, 1.54) is 18.2 Å². The van der Waals surface area contributed by atoms with Crippen LogP contribution in [0.3, 0.4) is 0 Å². The fraction of sp³-hybridized carbons (Fsp3) is 0. The average molecular weight is 325 g/mol. The van der Waals surface area contributed by atoms with Crippen molar-refractivity contribution in [2.75, 3.05) is 5.32 Å². The summed E-state index contributed by atoms with van der Waals surface area (Å²) in [5.74, 6) is -1.79. The largest absolute Gasteiger partial charge is 0.478 e. The molecule has 4 N–H and O–H groups in total. The highest BCUT2D eigenvalue weighted by Gasteiger charge is 2.12. The maximum absolute atomic E-state index is 11.4. The predicted octanol–water partition coefficient (Wildman–Crippen LogP) is 3.53. The molecule has 0 aliphatic rings. The van der Waals surface area contributed by atoms with Gasteiger partial charge in [-0.1, -0.05) is 23.2 Å². The maximum atomic E-state index is 11.4. The molecule has 5 nitrogen and oxygen atoms in total. The zero-order valence-corrected chi connectivity index (χ0v) is 12.1. The molecule has 1 amide bonds. The molecule has 0 heterocycles. The van der Waals surface area contributed by atoms with Crippen molar-refractivity contribution >= 4 is 46.5 Å². The van der Waals surface area contributed by atoms with Gasteiger partial charge in [-0.3, -0.25) is 4.79 Å². The average Bonchev–Trinajstić information content (AvgIpc) is 2.42. The van der Waals surface area contributed by atoms with Gasteiger partial charge in [0, 0.05) is 10.7 Å². The van der Waals surface area contributed by atoms with Gasteiger partial charge in [0.25, 0.3) is 5.91 Å². The summed E-state index contributed by atoms with van der Waals surface area (Å²) < 4.78 is 0. The van der Waals surface area contributed by atoms with Crippen molar-refractivity contribution in [2.45, 2.75) is 0 Å². The SMILES string of the molecule is NC(=O)c1cc(Cl)ccc1Nc1ccc(Cl)c(C(=O)O)c1. The van der Waals surface area contributed by atoms with Gasteiger partial charge < -0.3 is 16.2 Å². The van der Waals surface area contributed by atoms with E-state index in [2.05, 4.69) is 5.32 Å². The second-order valence-electron chi connectivity index (χ2n) is 4.18. The summed E-state index contributed by atoms with van der Waals surface area (Å²) in [6.07, 6.45) is 0. The number of rotatable bonds is 4. The summed E-state index contributed by atoms with van der Waals surface area (Å²) >= 11 is 11.6. The minimum Gasteiger partial charge on any atom is -0.478 e. The van der Waals surface area contributed by atoms with Crippen LogP contribution in [0.1, 0.15) is 20.7 Å². The Morgan fingerprint density at radius 1 is 1.05 bits per heavy atom. The Labute approximate surface area is 130 Å². The van der Waals surface area contributed by atoms with Crippen molar-refractivity contribution in [3.8, 4) is 0 Å². The molecule has 21 heavy (non-hydrogen) atoms. The van der Waals surface area contributed by atoms with E-state index < -0.39 is 11.9 Å². The van der Waals surface area contributed by atoms with Crippen LogP contribution in [0, 0.1) is 0 Å². The highest BCUT2D eigenvalue weighted by Crippen LogP contribution is 2.27. The van der Waals surface area contributed by atoms with Crippen LogP contribution in [-0.4, -0.2) is 17.0 Å². The Hall–Kier alpha value is -2.24. The van der Waals surface area contributed by atoms with Crippen LogP contribution < -0.4 is 11.1 Å². The molecule has 0 saturated carbocycles. The van der Waals surface area contributed by atoms with E-state index in [0.29, 0.717) is 16.4 Å².